The van der Waals surface area contributed by atoms with E-state index in [0.29, 0.717) is 31.8 Å². The number of rotatable bonds is 8. The molecule has 2 heterocycles. The smallest absolute Gasteiger partial charge is 0.247 e. The first kappa shape index (κ1) is 23.7. The predicted molar refractivity (Wildman–Crippen MR) is 123 cm³/mol. The number of likely N-dealkylation sites (N-methyl/N-ethyl adjacent to an activating group) is 1. The summed E-state index contributed by atoms with van der Waals surface area (Å²) in [5.74, 6) is 0.440. The molecule has 0 saturated carbocycles. The highest BCUT2D eigenvalue weighted by Crippen LogP contribution is 2.23. The van der Waals surface area contributed by atoms with Crippen LogP contribution < -0.4 is 0 Å². The summed E-state index contributed by atoms with van der Waals surface area (Å²) < 4.78 is 1.58. The molecule has 7 heteroatoms. The van der Waals surface area contributed by atoms with Gasteiger partial charge in [-0.05, 0) is 43.7 Å². The molecule has 0 unspecified atom stereocenters. The van der Waals surface area contributed by atoms with E-state index in [9.17, 15) is 14.4 Å². The molecule has 1 aliphatic heterocycles. The van der Waals surface area contributed by atoms with Crippen LogP contribution in [0.25, 0.3) is 0 Å². The van der Waals surface area contributed by atoms with E-state index >= 15 is 0 Å². The molecule has 1 aromatic carbocycles. The maximum Gasteiger partial charge on any atom is 0.247 e. The zero-order chi connectivity index (χ0) is 23.3. The second-order valence-corrected chi connectivity index (χ2v) is 9.17. The molecule has 0 bridgehead atoms. The highest BCUT2D eigenvalue weighted by Gasteiger charge is 2.29. The van der Waals surface area contributed by atoms with E-state index in [2.05, 4.69) is 18.9 Å². The van der Waals surface area contributed by atoms with Gasteiger partial charge in [0.05, 0.1) is 6.54 Å². The van der Waals surface area contributed by atoms with Crippen molar-refractivity contribution in [1.29, 1.82) is 0 Å². The molecule has 0 spiro atoms. The van der Waals surface area contributed by atoms with Gasteiger partial charge in [0, 0.05) is 44.0 Å². The molecule has 1 aromatic heterocycles. The normalized spacial score (nSPS) is 15.6. The molecule has 2 amide bonds. The van der Waals surface area contributed by atoms with Crippen molar-refractivity contribution in [3.05, 3.63) is 53.9 Å². The summed E-state index contributed by atoms with van der Waals surface area (Å²) in [6.07, 6.45) is 5.67. The fourth-order valence-corrected chi connectivity index (χ4v) is 4.23. The lowest BCUT2D eigenvalue weighted by molar-refractivity contribution is -0.141. The Hall–Kier alpha value is -2.96. The molecule has 1 saturated heterocycles. The number of nitrogens with zero attached hydrogens (tertiary/aromatic N) is 4. The molecule has 7 nitrogen and oxygen atoms in total. The molecule has 3 rings (SSSR count). The molecule has 1 atom stereocenters. The van der Waals surface area contributed by atoms with E-state index in [1.165, 1.54) is 10.5 Å². The third kappa shape index (κ3) is 5.84. The summed E-state index contributed by atoms with van der Waals surface area (Å²) in [5, 5.41) is 4.10. The summed E-state index contributed by atoms with van der Waals surface area (Å²) in [5.41, 5.74) is 2.00. The Kier molecular flexibility index (Phi) is 7.83. The van der Waals surface area contributed by atoms with Crippen LogP contribution in [-0.4, -0.2) is 63.9 Å². The summed E-state index contributed by atoms with van der Waals surface area (Å²) in [4.78, 5) is 41.4. The largest absolute Gasteiger partial charge is 0.341 e. The minimum Gasteiger partial charge on any atom is -0.341 e. The van der Waals surface area contributed by atoms with Crippen molar-refractivity contribution in [3.63, 3.8) is 0 Å². The lowest BCUT2D eigenvalue weighted by atomic mass is 9.88. The van der Waals surface area contributed by atoms with Crippen LogP contribution >= 0.6 is 0 Å². The number of ketones is 1. The van der Waals surface area contributed by atoms with Crippen molar-refractivity contribution in [2.24, 2.45) is 11.8 Å². The summed E-state index contributed by atoms with van der Waals surface area (Å²) in [7, 11) is 1.64. The van der Waals surface area contributed by atoms with Gasteiger partial charge < -0.3 is 9.80 Å². The van der Waals surface area contributed by atoms with Gasteiger partial charge in [-0.25, -0.2) is 0 Å². The molecule has 0 N–H and O–H groups in total. The van der Waals surface area contributed by atoms with E-state index in [4.69, 9.17) is 0 Å². The number of carbonyl (C=O) groups is 3. The van der Waals surface area contributed by atoms with Gasteiger partial charge in [-0.3, -0.25) is 19.1 Å². The Morgan fingerprint density at radius 1 is 1.09 bits per heavy atom. The summed E-state index contributed by atoms with van der Waals surface area (Å²) in [6.45, 7) is 7.24. The minimum atomic E-state index is -0.460. The second kappa shape index (κ2) is 10.6. The average molecular weight is 439 g/mol. The number of aromatic nitrogens is 2. The third-order valence-electron chi connectivity index (χ3n) is 6.13. The zero-order valence-electron chi connectivity index (χ0n) is 19.5. The molecular weight excluding hydrogens is 404 g/mol. The van der Waals surface area contributed by atoms with Gasteiger partial charge in [0.2, 0.25) is 11.8 Å². The summed E-state index contributed by atoms with van der Waals surface area (Å²) >= 11 is 0. The number of benzene rings is 1. The van der Waals surface area contributed by atoms with Crippen LogP contribution in [0.15, 0.2) is 42.7 Å². The Balaban J connectivity index is 1.48. The molecule has 0 radical (unpaired) electrons. The van der Waals surface area contributed by atoms with Crippen LogP contribution in [0.2, 0.25) is 0 Å². The van der Waals surface area contributed by atoms with Crippen LogP contribution in [0.5, 0.6) is 0 Å². The van der Waals surface area contributed by atoms with E-state index in [1.54, 1.807) is 42.0 Å². The van der Waals surface area contributed by atoms with Crippen LogP contribution in [0.1, 0.15) is 55.6 Å². The average Bonchev–Trinajstić information content (AvgIpc) is 3.32. The number of amides is 2. The van der Waals surface area contributed by atoms with Crippen LogP contribution in [0.3, 0.4) is 0 Å². The monoisotopic (exact) mass is 438 g/mol. The molecule has 2 aromatic rings. The number of hydrogen-bond donors (Lipinski definition) is 0. The van der Waals surface area contributed by atoms with Crippen LogP contribution in [0.4, 0.5) is 0 Å². The maximum absolute atomic E-state index is 12.9. The van der Waals surface area contributed by atoms with E-state index < -0.39 is 6.04 Å². The van der Waals surface area contributed by atoms with Gasteiger partial charge >= 0.3 is 0 Å². The molecule has 0 aliphatic carbocycles. The van der Waals surface area contributed by atoms with Gasteiger partial charge in [-0.1, -0.05) is 38.1 Å². The third-order valence-corrected chi connectivity index (χ3v) is 6.13. The van der Waals surface area contributed by atoms with Crippen molar-refractivity contribution in [2.75, 3.05) is 26.7 Å². The van der Waals surface area contributed by atoms with Crippen molar-refractivity contribution < 1.29 is 14.4 Å². The van der Waals surface area contributed by atoms with Gasteiger partial charge in [0.15, 0.2) is 5.78 Å². The van der Waals surface area contributed by atoms with Crippen molar-refractivity contribution in [3.8, 4) is 0 Å². The fraction of sp³-hybridized carbons (Fsp3) is 0.520. The van der Waals surface area contributed by atoms with E-state index in [-0.39, 0.29) is 30.1 Å². The lowest BCUT2D eigenvalue weighted by Gasteiger charge is -2.33. The van der Waals surface area contributed by atoms with Crippen molar-refractivity contribution in [2.45, 2.75) is 46.1 Å². The summed E-state index contributed by atoms with van der Waals surface area (Å²) in [6, 6.07) is 9.25. The van der Waals surface area contributed by atoms with Crippen LogP contribution in [-0.2, 0) is 16.0 Å². The van der Waals surface area contributed by atoms with Gasteiger partial charge in [0.25, 0.3) is 0 Å². The number of hydrogen-bond acceptors (Lipinski definition) is 4. The van der Waals surface area contributed by atoms with Gasteiger partial charge in [-0.15, -0.1) is 0 Å². The van der Waals surface area contributed by atoms with Gasteiger partial charge in [0.1, 0.15) is 6.04 Å². The molecular formula is C25H34N4O3. The highest BCUT2D eigenvalue weighted by molar-refractivity contribution is 5.98. The first-order chi connectivity index (χ1) is 15.3. The number of Topliss-reactive ketones (excluding diaryl/α,β-unsaturated/α-hetero) is 1. The Morgan fingerprint density at radius 2 is 1.75 bits per heavy atom. The fourth-order valence-electron chi connectivity index (χ4n) is 4.23. The topological polar surface area (TPSA) is 75.5 Å². The zero-order valence-corrected chi connectivity index (χ0v) is 19.5. The molecule has 1 aliphatic rings. The SMILES string of the molecule is CC(C)Cc1ccc(C(=O)C2CCN(C(=O)CN(C)C(=O)[C@H](C)n3cccn3)CC2)cc1. The van der Waals surface area contributed by atoms with Crippen molar-refractivity contribution in [1.82, 2.24) is 19.6 Å². The quantitative estimate of drug-likeness (QED) is 0.593. The maximum atomic E-state index is 12.9. The van der Waals surface area contributed by atoms with E-state index in [1.807, 2.05) is 24.3 Å². The van der Waals surface area contributed by atoms with Gasteiger partial charge in [-0.2, -0.15) is 5.10 Å². The molecule has 32 heavy (non-hydrogen) atoms. The first-order valence-corrected chi connectivity index (χ1v) is 11.4. The van der Waals surface area contributed by atoms with E-state index in [0.717, 1.165) is 12.0 Å². The van der Waals surface area contributed by atoms with Crippen molar-refractivity contribution >= 4 is 17.6 Å². The first-order valence-electron chi connectivity index (χ1n) is 11.4. The standard InChI is InChI=1S/C25H34N4O3/c1-18(2)16-20-6-8-21(9-7-20)24(31)22-10-14-28(15-11-22)23(30)17-27(4)25(32)19(3)29-13-5-12-26-29/h5-9,12-13,18-19,22H,10-11,14-17H2,1-4H3/t19-/m0/s1. The number of piperidine rings is 1. The predicted octanol–water partition coefficient (Wildman–Crippen LogP) is 3.22. The van der Waals surface area contributed by atoms with Crippen LogP contribution in [0, 0.1) is 11.8 Å². The lowest BCUT2D eigenvalue weighted by Crippen LogP contribution is -2.46. The highest BCUT2D eigenvalue weighted by atomic mass is 16.2. The Bertz CT molecular complexity index is 913. The Morgan fingerprint density at radius 3 is 2.31 bits per heavy atom. The Labute approximate surface area is 190 Å². The minimum absolute atomic E-state index is 0.0281. The second-order valence-electron chi connectivity index (χ2n) is 9.17. The molecule has 172 valence electrons. The molecule has 1 fully saturated rings. The number of carbonyl (C=O) groups excluding carboxylic acids is 3. The number of likely N-dealkylation sites (tertiary alicyclic amines) is 1.